The molecule has 2 aromatic rings. The van der Waals surface area contributed by atoms with Gasteiger partial charge in [0, 0.05) is 37.9 Å². The molecule has 3 heterocycles. The molecule has 132 valence electrons. The highest BCUT2D eigenvalue weighted by Gasteiger charge is 2.26. The van der Waals surface area contributed by atoms with Gasteiger partial charge in [0.15, 0.2) is 0 Å². The molecule has 3 rings (SSSR count). The SMILES string of the molecule is CC(C)(C)N1CCN(c2cccc(C(=O)c3cccnc3N)n2)CC1. The van der Waals surface area contributed by atoms with Crippen molar-refractivity contribution in [3.8, 4) is 0 Å². The number of nitrogens with zero attached hydrogens (tertiary/aromatic N) is 4. The van der Waals surface area contributed by atoms with Crippen molar-refractivity contribution in [1.29, 1.82) is 0 Å². The van der Waals surface area contributed by atoms with Gasteiger partial charge in [0.05, 0.1) is 5.56 Å². The Bertz CT molecular complexity index is 760. The second-order valence-electron chi connectivity index (χ2n) is 7.29. The van der Waals surface area contributed by atoms with Crippen LogP contribution in [0.25, 0.3) is 0 Å². The van der Waals surface area contributed by atoms with E-state index in [-0.39, 0.29) is 17.1 Å². The maximum absolute atomic E-state index is 12.7. The summed E-state index contributed by atoms with van der Waals surface area (Å²) in [4.78, 5) is 25.9. The number of nitrogen functional groups attached to an aromatic ring is 1. The molecule has 25 heavy (non-hydrogen) atoms. The first kappa shape index (κ1) is 17.4. The third-order valence-electron chi connectivity index (χ3n) is 4.60. The summed E-state index contributed by atoms with van der Waals surface area (Å²) in [6, 6.07) is 8.94. The summed E-state index contributed by atoms with van der Waals surface area (Å²) in [5, 5.41) is 0. The molecule has 6 nitrogen and oxygen atoms in total. The van der Waals surface area contributed by atoms with Crippen molar-refractivity contribution in [3.05, 3.63) is 47.8 Å². The van der Waals surface area contributed by atoms with Gasteiger partial charge in [0.2, 0.25) is 5.78 Å². The molecule has 0 amide bonds. The minimum Gasteiger partial charge on any atom is -0.383 e. The van der Waals surface area contributed by atoms with E-state index in [4.69, 9.17) is 5.73 Å². The monoisotopic (exact) mass is 339 g/mol. The predicted molar refractivity (Wildman–Crippen MR) is 99.9 cm³/mol. The van der Waals surface area contributed by atoms with Crippen LogP contribution in [-0.4, -0.2) is 52.4 Å². The third kappa shape index (κ3) is 3.79. The Kier molecular flexibility index (Phi) is 4.72. The maximum Gasteiger partial charge on any atom is 0.215 e. The van der Waals surface area contributed by atoms with Crippen molar-refractivity contribution >= 4 is 17.4 Å². The molecule has 1 aliphatic heterocycles. The van der Waals surface area contributed by atoms with Crippen molar-refractivity contribution in [3.63, 3.8) is 0 Å². The highest BCUT2D eigenvalue weighted by atomic mass is 16.1. The van der Waals surface area contributed by atoms with Gasteiger partial charge in [-0.15, -0.1) is 0 Å². The molecule has 0 spiro atoms. The molecule has 1 fully saturated rings. The number of carbonyl (C=O) groups is 1. The lowest BCUT2D eigenvalue weighted by Crippen LogP contribution is -2.53. The van der Waals surface area contributed by atoms with Gasteiger partial charge in [-0.2, -0.15) is 0 Å². The van der Waals surface area contributed by atoms with E-state index >= 15 is 0 Å². The second-order valence-corrected chi connectivity index (χ2v) is 7.29. The van der Waals surface area contributed by atoms with E-state index in [2.05, 4.69) is 40.5 Å². The van der Waals surface area contributed by atoms with Gasteiger partial charge < -0.3 is 10.6 Å². The van der Waals surface area contributed by atoms with E-state index in [9.17, 15) is 4.79 Å². The highest BCUT2D eigenvalue weighted by Crippen LogP contribution is 2.21. The molecule has 2 N–H and O–H groups in total. The fourth-order valence-corrected chi connectivity index (χ4v) is 3.08. The van der Waals surface area contributed by atoms with Crippen molar-refractivity contribution in [2.24, 2.45) is 0 Å². The van der Waals surface area contributed by atoms with Gasteiger partial charge in [-0.25, -0.2) is 9.97 Å². The van der Waals surface area contributed by atoms with Crippen LogP contribution in [0.2, 0.25) is 0 Å². The quantitative estimate of drug-likeness (QED) is 0.864. The molecule has 0 radical (unpaired) electrons. The molecule has 1 aliphatic rings. The molecule has 1 saturated heterocycles. The number of aromatic nitrogens is 2. The number of anilines is 2. The Morgan fingerprint density at radius 2 is 1.80 bits per heavy atom. The van der Waals surface area contributed by atoms with Crippen molar-refractivity contribution in [1.82, 2.24) is 14.9 Å². The predicted octanol–water partition coefficient (Wildman–Crippen LogP) is 2.21. The lowest BCUT2D eigenvalue weighted by molar-refractivity contribution is 0.103. The van der Waals surface area contributed by atoms with Crippen LogP contribution in [0.5, 0.6) is 0 Å². The van der Waals surface area contributed by atoms with Crippen molar-refractivity contribution < 1.29 is 4.79 Å². The van der Waals surface area contributed by atoms with E-state index in [0.29, 0.717) is 11.3 Å². The molecule has 0 unspecified atom stereocenters. The smallest absolute Gasteiger partial charge is 0.215 e. The Hall–Kier alpha value is -2.47. The first-order valence-electron chi connectivity index (χ1n) is 8.58. The molecule has 0 aliphatic carbocycles. The fourth-order valence-electron chi connectivity index (χ4n) is 3.08. The molecule has 0 aromatic carbocycles. The van der Waals surface area contributed by atoms with Gasteiger partial charge in [-0.05, 0) is 45.0 Å². The number of carbonyl (C=O) groups excluding carboxylic acids is 1. The lowest BCUT2D eigenvalue weighted by Gasteiger charge is -2.42. The Labute approximate surface area is 148 Å². The summed E-state index contributed by atoms with van der Waals surface area (Å²) in [6.45, 7) is 10.5. The average Bonchev–Trinajstić information content (AvgIpc) is 2.61. The molecule has 0 saturated carbocycles. The molecule has 6 heteroatoms. The van der Waals surface area contributed by atoms with E-state index in [1.54, 1.807) is 24.4 Å². The van der Waals surface area contributed by atoms with Crippen LogP contribution in [0, 0.1) is 0 Å². The summed E-state index contributed by atoms with van der Waals surface area (Å²) in [5.41, 5.74) is 6.79. The first-order valence-corrected chi connectivity index (χ1v) is 8.58. The first-order chi connectivity index (χ1) is 11.9. The second kappa shape index (κ2) is 6.80. The molecular formula is C19H25N5O. The van der Waals surface area contributed by atoms with Crippen molar-refractivity contribution in [2.45, 2.75) is 26.3 Å². The van der Waals surface area contributed by atoms with E-state index in [1.165, 1.54) is 0 Å². The standard InChI is InChI=1S/C19H25N5O/c1-19(2,3)24-12-10-23(11-13-24)16-8-4-7-15(22-16)17(25)14-6-5-9-21-18(14)20/h4-9H,10-13H2,1-3H3,(H2,20,21). The summed E-state index contributed by atoms with van der Waals surface area (Å²) in [7, 11) is 0. The maximum atomic E-state index is 12.7. The van der Waals surface area contributed by atoms with E-state index < -0.39 is 0 Å². The minimum atomic E-state index is -0.194. The summed E-state index contributed by atoms with van der Waals surface area (Å²) < 4.78 is 0. The molecule has 0 bridgehead atoms. The van der Waals surface area contributed by atoms with Gasteiger partial charge in [-0.1, -0.05) is 6.07 Å². The zero-order valence-corrected chi connectivity index (χ0v) is 15.1. The summed E-state index contributed by atoms with van der Waals surface area (Å²) in [6.07, 6.45) is 1.57. The zero-order valence-electron chi connectivity index (χ0n) is 15.1. The number of hydrogen-bond acceptors (Lipinski definition) is 6. The Morgan fingerprint density at radius 3 is 2.44 bits per heavy atom. The van der Waals surface area contributed by atoms with Crippen LogP contribution in [-0.2, 0) is 0 Å². The summed E-state index contributed by atoms with van der Waals surface area (Å²) >= 11 is 0. The van der Waals surface area contributed by atoms with Gasteiger partial charge in [-0.3, -0.25) is 9.69 Å². The van der Waals surface area contributed by atoms with Crippen LogP contribution < -0.4 is 10.6 Å². The van der Waals surface area contributed by atoms with E-state index in [0.717, 1.165) is 32.0 Å². The third-order valence-corrected chi connectivity index (χ3v) is 4.60. The fraction of sp³-hybridized carbons (Fsp3) is 0.421. The number of rotatable bonds is 3. The number of hydrogen-bond donors (Lipinski definition) is 1. The topological polar surface area (TPSA) is 75.3 Å². The van der Waals surface area contributed by atoms with E-state index in [1.807, 2.05) is 12.1 Å². The summed E-state index contributed by atoms with van der Waals surface area (Å²) in [5.74, 6) is 0.876. The van der Waals surface area contributed by atoms with Gasteiger partial charge in [0.25, 0.3) is 0 Å². The van der Waals surface area contributed by atoms with Gasteiger partial charge >= 0.3 is 0 Å². The average molecular weight is 339 g/mol. The van der Waals surface area contributed by atoms with Crippen LogP contribution in [0.15, 0.2) is 36.5 Å². The highest BCUT2D eigenvalue weighted by molar-refractivity contribution is 6.10. The number of nitrogens with two attached hydrogens (primary N) is 1. The molecular weight excluding hydrogens is 314 g/mol. The van der Waals surface area contributed by atoms with Crippen LogP contribution >= 0.6 is 0 Å². The lowest BCUT2D eigenvalue weighted by atomic mass is 10.0. The molecule has 2 aromatic heterocycles. The number of pyridine rings is 2. The molecule has 0 atom stereocenters. The van der Waals surface area contributed by atoms with Crippen molar-refractivity contribution in [2.75, 3.05) is 36.8 Å². The van der Waals surface area contributed by atoms with Crippen LogP contribution in [0.3, 0.4) is 0 Å². The normalized spacial score (nSPS) is 16.0. The largest absolute Gasteiger partial charge is 0.383 e. The van der Waals surface area contributed by atoms with Crippen LogP contribution in [0.4, 0.5) is 11.6 Å². The Balaban J connectivity index is 1.77. The zero-order chi connectivity index (χ0) is 18.0. The van der Waals surface area contributed by atoms with Gasteiger partial charge in [0.1, 0.15) is 17.3 Å². The number of ketones is 1. The minimum absolute atomic E-state index is 0.176. The van der Waals surface area contributed by atoms with Crippen LogP contribution in [0.1, 0.15) is 36.8 Å². The number of piperazine rings is 1. The Morgan fingerprint density at radius 1 is 1.08 bits per heavy atom.